The number of nitrogens with zero attached hydrogens (tertiary/aromatic N) is 5. The zero-order valence-corrected chi connectivity index (χ0v) is 15.7. The van der Waals surface area contributed by atoms with Gasteiger partial charge in [0.2, 0.25) is 11.7 Å². The third kappa shape index (κ3) is 5.57. The molecule has 0 amide bonds. The van der Waals surface area contributed by atoms with E-state index in [0.29, 0.717) is 18.1 Å². The van der Waals surface area contributed by atoms with Crippen LogP contribution in [0.25, 0.3) is 0 Å². The van der Waals surface area contributed by atoms with Crippen LogP contribution >= 0.6 is 0 Å². The van der Waals surface area contributed by atoms with Crippen molar-refractivity contribution in [1.29, 1.82) is 0 Å². The van der Waals surface area contributed by atoms with Crippen molar-refractivity contribution in [3.8, 4) is 0 Å². The molecule has 0 unspecified atom stereocenters. The predicted octanol–water partition coefficient (Wildman–Crippen LogP) is 2.36. The van der Waals surface area contributed by atoms with Crippen LogP contribution in [-0.4, -0.2) is 36.7 Å². The summed E-state index contributed by atoms with van der Waals surface area (Å²) in [5, 5.41) is 17.0. The molecule has 9 nitrogen and oxygen atoms in total. The summed E-state index contributed by atoms with van der Waals surface area (Å²) >= 11 is 0. The summed E-state index contributed by atoms with van der Waals surface area (Å²) < 4.78 is 10.3. The third-order valence-electron chi connectivity index (χ3n) is 4.09. The highest BCUT2D eigenvalue weighted by atomic mass is 16.5. The van der Waals surface area contributed by atoms with Gasteiger partial charge in [-0.05, 0) is 24.0 Å². The molecule has 146 valence electrons. The average Bonchev–Trinajstić information content (AvgIpc) is 3.37. The van der Waals surface area contributed by atoms with Crippen LogP contribution in [0, 0.1) is 0 Å². The summed E-state index contributed by atoms with van der Waals surface area (Å²) in [4.78, 5) is 16.3. The Bertz CT molecular complexity index is 902. The van der Waals surface area contributed by atoms with Gasteiger partial charge in [-0.25, -0.2) is 4.79 Å². The summed E-state index contributed by atoms with van der Waals surface area (Å²) in [5.74, 6) is 0.578. The van der Waals surface area contributed by atoms with E-state index in [1.165, 1.54) is 18.4 Å². The molecule has 2 aromatic heterocycles. The van der Waals surface area contributed by atoms with Crippen molar-refractivity contribution >= 4 is 5.97 Å². The van der Waals surface area contributed by atoms with E-state index >= 15 is 0 Å². The monoisotopic (exact) mass is 382 g/mol. The van der Waals surface area contributed by atoms with Crippen molar-refractivity contribution in [3.05, 3.63) is 65.1 Å². The summed E-state index contributed by atoms with van der Waals surface area (Å²) in [6.45, 7) is 5.81. The number of esters is 1. The van der Waals surface area contributed by atoms with Gasteiger partial charge in [0.25, 0.3) is 0 Å². The average molecular weight is 382 g/mol. The van der Waals surface area contributed by atoms with Crippen molar-refractivity contribution in [3.63, 3.8) is 0 Å². The second kappa shape index (κ2) is 9.54. The highest BCUT2D eigenvalue weighted by molar-refractivity contribution is 5.87. The maximum atomic E-state index is 11.9. The van der Waals surface area contributed by atoms with Gasteiger partial charge in [0.05, 0.1) is 6.42 Å². The Morgan fingerprint density at radius 3 is 2.71 bits per heavy atom. The quantitative estimate of drug-likeness (QED) is 0.419. The molecule has 0 atom stereocenters. The first-order valence-corrected chi connectivity index (χ1v) is 9.10. The van der Waals surface area contributed by atoms with E-state index in [1.54, 1.807) is 0 Å². The van der Waals surface area contributed by atoms with E-state index in [9.17, 15) is 4.79 Å². The van der Waals surface area contributed by atoms with Gasteiger partial charge in [-0.15, -0.1) is 10.2 Å². The van der Waals surface area contributed by atoms with E-state index in [1.807, 2.05) is 0 Å². The lowest BCUT2D eigenvalue weighted by Crippen LogP contribution is -2.10. The van der Waals surface area contributed by atoms with Gasteiger partial charge in [0, 0.05) is 12.0 Å². The molecule has 0 bridgehead atoms. The molecule has 0 aliphatic heterocycles. The third-order valence-corrected chi connectivity index (χ3v) is 4.09. The summed E-state index contributed by atoms with van der Waals surface area (Å²) in [6.07, 6.45) is 4.15. The highest BCUT2D eigenvalue weighted by Gasteiger charge is 2.15. The van der Waals surface area contributed by atoms with E-state index < -0.39 is 5.97 Å². The van der Waals surface area contributed by atoms with Gasteiger partial charge in [0.1, 0.15) is 0 Å². The lowest BCUT2D eigenvalue weighted by Gasteiger charge is -2.02. The van der Waals surface area contributed by atoms with Crippen molar-refractivity contribution < 1.29 is 14.1 Å². The summed E-state index contributed by atoms with van der Waals surface area (Å²) in [6, 6.07) is 8.42. The Kier molecular flexibility index (Phi) is 6.61. The van der Waals surface area contributed by atoms with Crippen LogP contribution in [-0.2, 0) is 35.4 Å². The number of hydrogen-bond donors (Lipinski definition) is 1. The maximum absolute atomic E-state index is 11.9. The topological polar surface area (TPSA) is 120 Å². The molecule has 3 aromatic rings. The Morgan fingerprint density at radius 2 is 2.00 bits per heavy atom. The SMILES string of the molecule is C=C(Cc1nc(Cc2ccc(CCCC)cc2)no1)C(=O)OCc1nn[nH]n1. The molecule has 3 rings (SSSR count). The number of aromatic amines is 1. The number of rotatable bonds is 10. The van der Waals surface area contributed by atoms with Crippen molar-refractivity contribution in [2.24, 2.45) is 0 Å². The summed E-state index contributed by atoms with van der Waals surface area (Å²) in [5.41, 5.74) is 2.64. The van der Waals surface area contributed by atoms with Crippen LogP contribution in [0.3, 0.4) is 0 Å². The molecule has 0 aliphatic carbocycles. The number of carbonyl (C=O) groups is 1. The molecule has 1 N–H and O–H groups in total. The van der Waals surface area contributed by atoms with Crippen LogP contribution < -0.4 is 0 Å². The van der Waals surface area contributed by atoms with Crippen LogP contribution in [0.4, 0.5) is 0 Å². The molecule has 28 heavy (non-hydrogen) atoms. The second-order valence-electron chi connectivity index (χ2n) is 6.39. The molecule has 0 fully saturated rings. The zero-order chi connectivity index (χ0) is 19.8. The van der Waals surface area contributed by atoms with E-state index in [0.717, 1.165) is 12.0 Å². The standard InChI is InChI=1S/C19H22N6O3/c1-3-4-5-14-6-8-15(9-7-14)11-16-20-18(28-23-16)10-13(2)19(26)27-12-17-21-24-25-22-17/h6-9H,2-5,10-12H2,1H3,(H,21,22,24,25). The molecule has 0 radical (unpaired) electrons. The highest BCUT2D eigenvalue weighted by Crippen LogP contribution is 2.13. The van der Waals surface area contributed by atoms with Crippen molar-refractivity contribution in [2.75, 3.05) is 0 Å². The molecular weight excluding hydrogens is 360 g/mol. The number of benzene rings is 1. The Labute approximate surface area is 162 Å². The van der Waals surface area contributed by atoms with Crippen LogP contribution in [0.2, 0.25) is 0 Å². The largest absolute Gasteiger partial charge is 0.454 e. The fourth-order valence-electron chi connectivity index (χ4n) is 2.55. The molecule has 0 saturated heterocycles. The maximum Gasteiger partial charge on any atom is 0.334 e. The number of ether oxygens (including phenoxy) is 1. The minimum atomic E-state index is -0.577. The molecule has 0 saturated carbocycles. The number of carbonyl (C=O) groups excluding carboxylic acids is 1. The number of H-pyrrole nitrogens is 1. The van der Waals surface area contributed by atoms with Gasteiger partial charge in [-0.1, -0.05) is 54.6 Å². The smallest absolute Gasteiger partial charge is 0.334 e. The lowest BCUT2D eigenvalue weighted by atomic mass is 10.0. The molecular formula is C19H22N6O3. The van der Waals surface area contributed by atoms with Gasteiger partial charge in [-0.2, -0.15) is 10.2 Å². The number of hydrogen-bond acceptors (Lipinski definition) is 8. The van der Waals surface area contributed by atoms with E-state index in [2.05, 4.69) is 68.5 Å². The first kappa shape index (κ1) is 19.4. The minimum Gasteiger partial charge on any atom is -0.454 e. The van der Waals surface area contributed by atoms with Crippen LogP contribution in [0.1, 0.15) is 48.4 Å². The van der Waals surface area contributed by atoms with Crippen molar-refractivity contribution in [1.82, 2.24) is 30.8 Å². The van der Waals surface area contributed by atoms with Gasteiger partial charge in [-0.3, -0.25) is 0 Å². The molecule has 0 aliphatic rings. The number of tetrazole rings is 1. The normalized spacial score (nSPS) is 10.8. The predicted molar refractivity (Wildman–Crippen MR) is 99.0 cm³/mol. The number of unbranched alkanes of at least 4 members (excludes halogenated alkanes) is 1. The van der Waals surface area contributed by atoms with Crippen molar-refractivity contribution in [2.45, 2.75) is 45.6 Å². The molecule has 1 aromatic carbocycles. The van der Waals surface area contributed by atoms with Crippen LogP contribution in [0.15, 0.2) is 40.9 Å². The first-order chi connectivity index (χ1) is 13.6. The summed E-state index contributed by atoms with van der Waals surface area (Å²) in [7, 11) is 0. The molecule has 0 spiro atoms. The van der Waals surface area contributed by atoms with Gasteiger partial charge in [0.15, 0.2) is 12.4 Å². The first-order valence-electron chi connectivity index (χ1n) is 9.10. The van der Waals surface area contributed by atoms with E-state index in [-0.39, 0.29) is 24.4 Å². The Morgan fingerprint density at radius 1 is 1.21 bits per heavy atom. The molecule has 9 heteroatoms. The lowest BCUT2D eigenvalue weighted by molar-refractivity contribution is -0.140. The second-order valence-corrected chi connectivity index (χ2v) is 6.39. The number of aryl methyl sites for hydroxylation is 1. The Balaban J connectivity index is 1.49. The minimum absolute atomic E-state index is 0.0856. The fourth-order valence-corrected chi connectivity index (χ4v) is 2.55. The van der Waals surface area contributed by atoms with Gasteiger partial charge >= 0.3 is 5.97 Å². The fraction of sp³-hybridized carbons (Fsp3) is 0.368. The van der Waals surface area contributed by atoms with E-state index in [4.69, 9.17) is 9.26 Å². The number of nitrogens with one attached hydrogen (secondary N) is 1. The Hall–Kier alpha value is -3.36. The van der Waals surface area contributed by atoms with Crippen LogP contribution in [0.5, 0.6) is 0 Å². The zero-order valence-electron chi connectivity index (χ0n) is 15.7. The van der Waals surface area contributed by atoms with Gasteiger partial charge < -0.3 is 9.26 Å². The molecule has 2 heterocycles. The number of aromatic nitrogens is 6.